The average Bonchev–Trinajstić information content (AvgIpc) is 2.53. The largest absolute Gasteiger partial charge is 0.469 e. The van der Waals surface area contributed by atoms with Crippen LogP contribution in [0.2, 0.25) is 0 Å². The summed E-state index contributed by atoms with van der Waals surface area (Å²) in [6, 6.07) is 0. The zero-order valence-electron chi connectivity index (χ0n) is 14.6. The van der Waals surface area contributed by atoms with E-state index < -0.39 is 0 Å². The molecule has 1 heterocycles. The van der Waals surface area contributed by atoms with Gasteiger partial charge in [0, 0.05) is 18.6 Å². The van der Waals surface area contributed by atoms with Crippen molar-refractivity contribution in [1.29, 1.82) is 0 Å². The molecule has 0 aliphatic carbocycles. The summed E-state index contributed by atoms with van der Waals surface area (Å²) >= 11 is 0. The summed E-state index contributed by atoms with van der Waals surface area (Å²) in [6.07, 6.45) is 4.25. The third kappa shape index (κ3) is 6.64. The second kappa shape index (κ2) is 9.66. The molecule has 0 spiro atoms. The highest BCUT2D eigenvalue weighted by molar-refractivity contribution is 5.80. The Balaban J connectivity index is 2.50. The molecule has 0 aromatic carbocycles. The number of piperidine rings is 1. The molecular weight excluding hydrogens is 280 g/mol. The Morgan fingerprint density at radius 1 is 1.23 bits per heavy atom. The van der Waals surface area contributed by atoms with Gasteiger partial charge in [0.2, 0.25) is 0 Å². The highest BCUT2D eigenvalue weighted by Crippen LogP contribution is 2.20. The van der Waals surface area contributed by atoms with Gasteiger partial charge in [-0.1, -0.05) is 6.42 Å². The fourth-order valence-electron chi connectivity index (χ4n) is 2.60. The van der Waals surface area contributed by atoms with E-state index >= 15 is 0 Å². The van der Waals surface area contributed by atoms with Crippen molar-refractivity contribution >= 4 is 11.9 Å². The lowest BCUT2D eigenvalue weighted by Gasteiger charge is -2.40. The molecule has 1 rings (SSSR count). The second-order valence-corrected chi connectivity index (χ2v) is 6.31. The van der Waals surface area contributed by atoms with Crippen LogP contribution in [0.1, 0.15) is 46.5 Å². The summed E-state index contributed by atoms with van der Waals surface area (Å²) in [5.74, 6) is 0.550. The molecule has 0 amide bonds. The molecule has 0 atom stereocenters. The van der Waals surface area contributed by atoms with Crippen molar-refractivity contribution in [3.05, 3.63) is 0 Å². The number of likely N-dealkylation sites (tertiary alicyclic amines) is 1. The van der Waals surface area contributed by atoms with Crippen molar-refractivity contribution in [2.24, 2.45) is 4.99 Å². The fourth-order valence-corrected chi connectivity index (χ4v) is 2.60. The van der Waals surface area contributed by atoms with Crippen LogP contribution in [0.5, 0.6) is 0 Å². The highest BCUT2D eigenvalue weighted by Gasteiger charge is 2.27. The van der Waals surface area contributed by atoms with Crippen molar-refractivity contribution in [1.82, 2.24) is 15.5 Å². The molecule has 2 N–H and O–H groups in total. The second-order valence-electron chi connectivity index (χ2n) is 6.31. The van der Waals surface area contributed by atoms with Crippen molar-refractivity contribution < 1.29 is 9.53 Å². The van der Waals surface area contributed by atoms with Gasteiger partial charge >= 0.3 is 5.97 Å². The Hall–Kier alpha value is -1.30. The first-order chi connectivity index (χ1) is 10.5. The number of esters is 1. The Kier molecular flexibility index (Phi) is 8.24. The summed E-state index contributed by atoms with van der Waals surface area (Å²) in [5.41, 5.74) is 0.0606. The van der Waals surface area contributed by atoms with Gasteiger partial charge in [0.1, 0.15) is 0 Å². The van der Waals surface area contributed by atoms with Gasteiger partial charge in [-0.25, -0.2) is 0 Å². The third-order valence-electron chi connectivity index (χ3n) is 4.03. The first-order valence-electron chi connectivity index (χ1n) is 8.33. The number of carbonyl (C=O) groups is 1. The van der Waals surface area contributed by atoms with Gasteiger partial charge in [0.25, 0.3) is 0 Å². The van der Waals surface area contributed by atoms with Crippen molar-refractivity contribution in [3.63, 3.8) is 0 Å². The molecule has 0 saturated carbocycles. The van der Waals surface area contributed by atoms with E-state index in [-0.39, 0.29) is 11.5 Å². The molecule has 22 heavy (non-hydrogen) atoms. The smallest absolute Gasteiger partial charge is 0.307 e. The molecular formula is C16H32N4O2. The summed E-state index contributed by atoms with van der Waals surface area (Å²) in [5, 5.41) is 6.40. The quantitative estimate of drug-likeness (QED) is 0.422. The predicted octanol–water partition coefficient (Wildman–Crippen LogP) is 1.37. The first kappa shape index (κ1) is 18.7. The maximum absolute atomic E-state index is 11.1. The van der Waals surface area contributed by atoms with Crippen LogP contribution in [0.3, 0.4) is 0 Å². The van der Waals surface area contributed by atoms with E-state index in [4.69, 9.17) is 0 Å². The zero-order valence-corrected chi connectivity index (χ0v) is 14.6. The van der Waals surface area contributed by atoms with Gasteiger partial charge < -0.3 is 15.4 Å². The Bertz CT molecular complexity index is 363. The van der Waals surface area contributed by atoms with Crippen molar-refractivity contribution in [2.75, 3.05) is 39.8 Å². The van der Waals surface area contributed by atoms with Crippen molar-refractivity contribution in [2.45, 2.75) is 52.0 Å². The fraction of sp³-hybridized carbons (Fsp3) is 0.875. The van der Waals surface area contributed by atoms with Crippen LogP contribution in [-0.4, -0.2) is 62.2 Å². The molecule has 1 fully saturated rings. The molecule has 1 aliphatic rings. The van der Waals surface area contributed by atoms with Crippen LogP contribution < -0.4 is 10.6 Å². The van der Waals surface area contributed by atoms with Gasteiger partial charge in [-0.15, -0.1) is 0 Å². The number of carbonyl (C=O) groups excluding carboxylic acids is 1. The van der Waals surface area contributed by atoms with E-state index in [1.807, 2.05) is 6.92 Å². The monoisotopic (exact) mass is 312 g/mol. The number of nitrogens with one attached hydrogen (secondary N) is 2. The number of methoxy groups -OCH3 is 1. The van der Waals surface area contributed by atoms with Crippen LogP contribution >= 0.6 is 0 Å². The molecule has 1 saturated heterocycles. The summed E-state index contributed by atoms with van der Waals surface area (Å²) in [6.45, 7) is 10.9. The minimum Gasteiger partial charge on any atom is -0.469 e. The van der Waals surface area contributed by atoms with E-state index in [9.17, 15) is 4.79 Å². The van der Waals surface area contributed by atoms with Crippen LogP contribution in [0.25, 0.3) is 0 Å². The Morgan fingerprint density at radius 2 is 1.91 bits per heavy atom. The van der Waals surface area contributed by atoms with Gasteiger partial charge in [-0.05, 0) is 46.7 Å². The Morgan fingerprint density at radius 3 is 2.50 bits per heavy atom. The normalized spacial score (nSPS) is 17.2. The van der Waals surface area contributed by atoms with Crippen LogP contribution in [0.4, 0.5) is 0 Å². The molecule has 6 nitrogen and oxygen atoms in total. The van der Waals surface area contributed by atoms with Gasteiger partial charge in [0.15, 0.2) is 5.96 Å². The number of aliphatic imine (C=N–C) groups is 1. The lowest BCUT2D eigenvalue weighted by Crippen LogP contribution is -2.49. The van der Waals surface area contributed by atoms with E-state index in [1.54, 1.807) is 0 Å². The molecule has 0 radical (unpaired) electrons. The molecule has 0 unspecified atom stereocenters. The molecule has 0 aromatic heterocycles. The van der Waals surface area contributed by atoms with Crippen LogP contribution in [-0.2, 0) is 9.53 Å². The number of rotatable bonds is 7. The van der Waals surface area contributed by atoms with Gasteiger partial charge in [-0.3, -0.25) is 14.7 Å². The SMILES string of the molecule is CCNC(=NCC(C)(C)N1CCCCC1)NCCC(=O)OC. The molecule has 1 aliphatic heterocycles. The molecule has 0 aromatic rings. The molecule has 0 bridgehead atoms. The van der Waals surface area contributed by atoms with E-state index in [2.05, 4.69) is 39.1 Å². The van der Waals surface area contributed by atoms with E-state index in [0.717, 1.165) is 32.1 Å². The minimum atomic E-state index is -0.211. The number of nitrogens with zero attached hydrogens (tertiary/aromatic N) is 2. The van der Waals surface area contributed by atoms with Crippen molar-refractivity contribution in [3.8, 4) is 0 Å². The first-order valence-corrected chi connectivity index (χ1v) is 8.33. The zero-order chi connectivity index (χ0) is 16.4. The van der Waals surface area contributed by atoms with Gasteiger partial charge in [0.05, 0.1) is 20.1 Å². The number of hydrogen-bond acceptors (Lipinski definition) is 4. The number of guanidine groups is 1. The highest BCUT2D eigenvalue weighted by atomic mass is 16.5. The minimum absolute atomic E-state index is 0.0606. The number of ether oxygens (including phenoxy) is 1. The van der Waals surface area contributed by atoms with E-state index in [1.165, 1.54) is 26.4 Å². The van der Waals surface area contributed by atoms with Gasteiger partial charge in [-0.2, -0.15) is 0 Å². The molecule has 128 valence electrons. The van der Waals surface area contributed by atoms with E-state index in [0.29, 0.717) is 13.0 Å². The summed E-state index contributed by atoms with van der Waals surface area (Å²) < 4.78 is 4.64. The maximum Gasteiger partial charge on any atom is 0.307 e. The van der Waals surface area contributed by atoms with Crippen LogP contribution in [0.15, 0.2) is 4.99 Å². The topological polar surface area (TPSA) is 66.0 Å². The lowest BCUT2D eigenvalue weighted by atomic mass is 9.99. The van der Waals surface area contributed by atoms with Crippen LogP contribution in [0, 0.1) is 0 Å². The molecule has 6 heteroatoms. The predicted molar refractivity (Wildman–Crippen MR) is 90.1 cm³/mol. The average molecular weight is 312 g/mol. The Labute approximate surface area is 134 Å². The maximum atomic E-state index is 11.1. The standard InChI is InChI=1S/C16H32N4O2/c1-5-17-15(18-10-9-14(21)22-4)19-13-16(2,3)20-11-7-6-8-12-20/h5-13H2,1-4H3,(H2,17,18,19). The summed E-state index contributed by atoms with van der Waals surface area (Å²) in [4.78, 5) is 18.4. The summed E-state index contributed by atoms with van der Waals surface area (Å²) in [7, 11) is 1.41. The number of hydrogen-bond donors (Lipinski definition) is 2. The third-order valence-corrected chi connectivity index (χ3v) is 4.03. The lowest BCUT2D eigenvalue weighted by molar-refractivity contribution is -0.140.